The third-order valence-electron chi connectivity index (χ3n) is 4.95. The Morgan fingerprint density at radius 1 is 1.43 bits per heavy atom. The number of hydrogen-bond acceptors (Lipinski definition) is 5. The van der Waals surface area contributed by atoms with Crippen LogP contribution in [0, 0.1) is 24.2 Å². The number of aromatic nitrogens is 3. The monoisotopic (exact) mass is 326 g/mol. The minimum atomic E-state index is -0.411. The Balaban J connectivity index is 1.79. The molecular weight excluding hydrogens is 308 g/mol. The van der Waals surface area contributed by atoms with E-state index in [9.17, 15) is 5.11 Å². The standard InChI is InChI=1S/C17H18N4OS/c1-10-20-14-9-19-13-5-7-23-17(13)16(14)21(10)12-3-2-11(4-6-18)15(22)8-12/h5,7,9,11-12,15,22H,2-4,8H2,1H3/t11-,12?,15-/m0/s1. The van der Waals surface area contributed by atoms with Gasteiger partial charge >= 0.3 is 0 Å². The second kappa shape index (κ2) is 5.59. The first-order valence-electron chi connectivity index (χ1n) is 7.94. The summed E-state index contributed by atoms with van der Waals surface area (Å²) in [4.78, 5) is 9.14. The summed E-state index contributed by atoms with van der Waals surface area (Å²) in [5.41, 5.74) is 3.06. The lowest BCUT2D eigenvalue weighted by Crippen LogP contribution is -2.31. The number of nitriles is 1. The molecule has 1 aliphatic carbocycles. The smallest absolute Gasteiger partial charge is 0.109 e. The van der Waals surface area contributed by atoms with Crippen LogP contribution in [0.25, 0.3) is 21.3 Å². The lowest BCUT2D eigenvalue weighted by atomic mass is 9.82. The molecule has 1 fully saturated rings. The molecule has 3 aromatic heterocycles. The summed E-state index contributed by atoms with van der Waals surface area (Å²) in [6.07, 6.45) is 4.42. The van der Waals surface area contributed by atoms with E-state index in [1.807, 2.05) is 19.2 Å². The zero-order valence-electron chi connectivity index (χ0n) is 12.9. The van der Waals surface area contributed by atoms with Crippen LogP contribution in [-0.2, 0) is 0 Å². The van der Waals surface area contributed by atoms with E-state index in [1.54, 1.807) is 11.3 Å². The molecule has 3 atom stereocenters. The van der Waals surface area contributed by atoms with Crippen molar-refractivity contribution in [2.24, 2.45) is 5.92 Å². The van der Waals surface area contributed by atoms with Crippen LogP contribution in [0.5, 0.6) is 0 Å². The van der Waals surface area contributed by atoms with E-state index >= 15 is 0 Å². The molecule has 5 nitrogen and oxygen atoms in total. The normalized spacial score (nSPS) is 25.0. The first kappa shape index (κ1) is 14.6. The van der Waals surface area contributed by atoms with E-state index in [-0.39, 0.29) is 12.0 Å². The minimum absolute atomic E-state index is 0.106. The molecule has 4 rings (SSSR count). The van der Waals surface area contributed by atoms with Crippen molar-refractivity contribution in [3.8, 4) is 6.07 Å². The minimum Gasteiger partial charge on any atom is -0.393 e. The van der Waals surface area contributed by atoms with Gasteiger partial charge in [-0.2, -0.15) is 5.26 Å². The van der Waals surface area contributed by atoms with Gasteiger partial charge in [-0.1, -0.05) is 0 Å². The maximum absolute atomic E-state index is 10.4. The van der Waals surface area contributed by atoms with E-state index in [1.165, 1.54) is 0 Å². The zero-order chi connectivity index (χ0) is 16.0. The molecule has 0 saturated heterocycles. The van der Waals surface area contributed by atoms with Gasteiger partial charge in [-0.15, -0.1) is 11.3 Å². The highest BCUT2D eigenvalue weighted by atomic mass is 32.1. The summed E-state index contributed by atoms with van der Waals surface area (Å²) in [6.45, 7) is 2.02. The number of aliphatic hydroxyl groups excluding tert-OH is 1. The summed E-state index contributed by atoms with van der Waals surface area (Å²) < 4.78 is 3.44. The third-order valence-corrected chi connectivity index (χ3v) is 5.86. The number of thiophene rings is 1. The number of nitrogens with zero attached hydrogens (tertiary/aromatic N) is 4. The summed E-state index contributed by atoms with van der Waals surface area (Å²) in [7, 11) is 0. The predicted octanol–water partition coefficient (Wildman–Crippen LogP) is 3.57. The molecule has 3 aromatic rings. The van der Waals surface area contributed by atoms with Crippen LogP contribution < -0.4 is 0 Å². The fourth-order valence-electron chi connectivity index (χ4n) is 3.82. The van der Waals surface area contributed by atoms with Crippen LogP contribution >= 0.6 is 11.3 Å². The van der Waals surface area contributed by atoms with Crippen molar-refractivity contribution in [2.75, 3.05) is 0 Å². The topological polar surface area (TPSA) is 74.7 Å². The molecule has 1 unspecified atom stereocenters. The maximum atomic E-state index is 10.4. The Morgan fingerprint density at radius 3 is 3.09 bits per heavy atom. The molecule has 0 bridgehead atoms. The SMILES string of the molecule is Cc1nc2cnc3ccsc3c2n1C1CC[C@@H](CC#N)[C@@H](O)C1. The summed E-state index contributed by atoms with van der Waals surface area (Å²) in [5.74, 6) is 1.08. The lowest BCUT2D eigenvalue weighted by molar-refractivity contribution is 0.0501. The van der Waals surface area contributed by atoms with Crippen molar-refractivity contribution in [1.29, 1.82) is 5.26 Å². The number of pyridine rings is 1. The molecule has 0 amide bonds. The van der Waals surface area contributed by atoms with E-state index in [2.05, 4.69) is 26.0 Å². The molecule has 0 aromatic carbocycles. The first-order chi connectivity index (χ1) is 11.2. The average Bonchev–Trinajstić information content (AvgIpc) is 3.12. The number of aliphatic hydroxyl groups is 1. The van der Waals surface area contributed by atoms with Gasteiger partial charge < -0.3 is 9.67 Å². The summed E-state index contributed by atoms with van der Waals surface area (Å²) in [5, 5.41) is 21.4. The maximum Gasteiger partial charge on any atom is 0.109 e. The molecule has 0 radical (unpaired) electrons. The molecule has 6 heteroatoms. The molecule has 0 spiro atoms. The van der Waals surface area contributed by atoms with Gasteiger partial charge in [-0.05, 0) is 43.6 Å². The Kier molecular flexibility index (Phi) is 3.55. The number of imidazole rings is 1. The van der Waals surface area contributed by atoms with Crippen molar-refractivity contribution >= 4 is 32.6 Å². The van der Waals surface area contributed by atoms with Gasteiger partial charge in [0.2, 0.25) is 0 Å². The highest BCUT2D eigenvalue weighted by molar-refractivity contribution is 7.18. The van der Waals surface area contributed by atoms with Crippen LogP contribution in [0.15, 0.2) is 17.6 Å². The lowest BCUT2D eigenvalue weighted by Gasteiger charge is -2.33. The molecule has 0 aliphatic heterocycles. The highest BCUT2D eigenvalue weighted by Crippen LogP contribution is 2.38. The van der Waals surface area contributed by atoms with Crippen molar-refractivity contribution in [3.05, 3.63) is 23.5 Å². The van der Waals surface area contributed by atoms with Crippen molar-refractivity contribution in [2.45, 2.75) is 44.8 Å². The van der Waals surface area contributed by atoms with Gasteiger partial charge in [0, 0.05) is 12.5 Å². The van der Waals surface area contributed by atoms with Crippen LogP contribution in [0.1, 0.15) is 37.5 Å². The molecule has 1 N–H and O–H groups in total. The molecule has 1 saturated carbocycles. The fourth-order valence-corrected chi connectivity index (χ4v) is 4.71. The van der Waals surface area contributed by atoms with Gasteiger partial charge in [-0.3, -0.25) is 4.98 Å². The van der Waals surface area contributed by atoms with Crippen molar-refractivity contribution in [1.82, 2.24) is 14.5 Å². The predicted molar refractivity (Wildman–Crippen MR) is 90.3 cm³/mol. The Labute approximate surface area is 138 Å². The number of fused-ring (bicyclic) bond motifs is 3. The second-order valence-electron chi connectivity index (χ2n) is 6.31. The van der Waals surface area contributed by atoms with Gasteiger partial charge in [0.1, 0.15) is 11.3 Å². The quantitative estimate of drug-likeness (QED) is 0.781. The molecule has 1 aliphatic rings. The largest absolute Gasteiger partial charge is 0.393 e. The van der Waals surface area contributed by atoms with E-state index < -0.39 is 6.10 Å². The van der Waals surface area contributed by atoms with Crippen LogP contribution in [0.3, 0.4) is 0 Å². The van der Waals surface area contributed by atoms with Gasteiger partial charge in [-0.25, -0.2) is 4.98 Å². The highest BCUT2D eigenvalue weighted by Gasteiger charge is 2.31. The number of hydrogen-bond donors (Lipinski definition) is 1. The Bertz CT molecular complexity index is 906. The van der Waals surface area contributed by atoms with E-state index in [0.717, 1.165) is 39.9 Å². The first-order valence-corrected chi connectivity index (χ1v) is 8.82. The number of rotatable bonds is 2. The van der Waals surface area contributed by atoms with Crippen LogP contribution in [0.4, 0.5) is 0 Å². The second-order valence-corrected chi connectivity index (χ2v) is 7.23. The van der Waals surface area contributed by atoms with E-state index in [0.29, 0.717) is 12.8 Å². The zero-order valence-corrected chi connectivity index (χ0v) is 13.8. The fraction of sp³-hybridized carbons (Fsp3) is 0.471. The van der Waals surface area contributed by atoms with Crippen molar-refractivity contribution in [3.63, 3.8) is 0 Å². The van der Waals surface area contributed by atoms with Crippen LogP contribution in [0.2, 0.25) is 0 Å². The van der Waals surface area contributed by atoms with Gasteiger partial charge in [0.15, 0.2) is 0 Å². The Hall–Kier alpha value is -1.97. The summed E-state index contributed by atoms with van der Waals surface area (Å²) >= 11 is 1.69. The third kappa shape index (κ3) is 2.32. The molecule has 3 heterocycles. The average molecular weight is 326 g/mol. The molecular formula is C17H18N4OS. The molecule has 23 heavy (non-hydrogen) atoms. The van der Waals surface area contributed by atoms with Gasteiger partial charge in [0.05, 0.1) is 34.1 Å². The van der Waals surface area contributed by atoms with E-state index in [4.69, 9.17) is 5.26 Å². The Morgan fingerprint density at radius 2 is 2.30 bits per heavy atom. The van der Waals surface area contributed by atoms with Gasteiger partial charge in [0.25, 0.3) is 0 Å². The van der Waals surface area contributed by atoms with Crippen molar-refractivity contribution < 1.29 is 5.11 Å². The van der Waals surface area contributed by atoms with Crippen LogP contribution in [-0.4, -0.2) is 25.7 Å². The summed E-state index contributed by atoms with van der Waals surface area (Å²) in [6, 6.07) is 4.46. The molecule has 118 valence electrons. The number of aryl methyl sites for hydroxylation is 1.